The van der Waals surface area contributed by atoms with E-state index in [1.54, 1.807) is 0 Å². The van der Waals surface area contributed by atoms with Crippen LogP contribution in [0.1, 0.15) is 24.1 Å². The van der Waals surface area contributed by atoms with Crippen molar-refractivity contribution in [3.8, 4) is 0 Å². The van der Waals surface area contributed by atoms with Crippen molar-refractivity contribution in [3.05, 3.63) is 47.4 Å². The van der Waals surface area contributed by atoms with Gasteiger partial charge in [0.1, 0.15) is 24.4 Å². The van der Waals surface area contributed by atoms with Gasteiger partial charge in [0, 0.05) is 41.5 Å². The van der Waals surface area contributed by atoms with E-state index in [1.165, 1.54) is 30.0 Å². The van der Waals surface area contributed by atoms with Crippen LogP contribution in [0.15, 0.2) is 36.1 Å². The smallest absolute Gasteiger partial charge is 0.337 e. The van der Waals surface area contributed by atoms with Crippen LogP contribution in [0.5, 0.6) is 0 Å². The number of hydrogen-bond donors (Lipinski definition) is 5. The van der Waals surface area contributed by atoms with Gasteiger partial charge in [0.25, 0.3) is 0 Å². The standard InChI is InChI=1S/C28H34N2O9/c1-36-25(35)17-12-37-26(39-27-23(34)22(33)21(32)19(11-31)38-27)20-13-8-28(9-16(17)20)24-15(6-7-30(28)10-13)14-4-2-3-5-18(14)29-24/h2-5,12-13,16,19-23,26-27,29,31-34H,6-11H2,1H3/t13?,16-,19-,20?,21-,22+,23-,26?,27+,28?/m1/s1. The zero-order valence-corrected chi connectivity index (χ0v) is 21.6. The van der Waals surface area contributed by atoms with Crippen LogP contribution in [-0.4, -0.2) is 100 Å². The zero-order chi connectivity index (χ0) is 27.1. The highest BCUT2D eigenvalue weighted by molar-refractivity contribution is 5.89. The highest BCUT2D eigenvalue weighted by atomic mass is 16.8. The predicted octanol–water partition coefficient (Wildman–Crippen LogP) is 0.107. The second-order valence-electron chi connectivity index (χ2n) is 11.5. The Labute approximate surface area is 224 Å². The number of H-pyrrole nitrogens is 1. The molecule has 11 nitrogen and oxygen atoms in total. The van der Waals surface area contributed by atoms with Crippen molar-refractivity contribution in [1.29, 1.82) is 0 Å². The van der Waals surface area contributed by atoms with Crippen LogP contribution in [0.25, 0.3) is 10.9 Å². The fourth-order valence-corrected chi connectivity index (χ4v) is 7.95. The van der Waals surface area contributed by atoms with Crippen molar-refractivity contribution in [3.63, 3.8) is 0 Å². The molecule has 3 fully saturated rings. The van der Waals surface area contributed by atoms with Crippen LogP contribution in [0, 0.1) is 17.8 Å². The summed E-state index contributed by atoms with van der Waals surface area (Å²) in [5.41, 5.74) is 3.86. The monoisotopic (exact) mass is 542 g/mol. The molecule has 2 saturated heterocycles. The first-order chi connectivity index (χ1) is 18.9. The van der Waals surface area contributed by atoms with Gasteiger partial charge in [-0.1, -0.05) is 18.2 Å². The number of hydrogen-bond acceptors (Lipinski definition) is 10. The van der Waals surface area contributed by atoms with Crippen LogP contribution in [0.4, 0.5) is 0 Å². The first kappa shape index (κ1) is 25.5. The number of carbonyl (C=O) groups excluding carboxylic acids is 1. The summed E-state index contributed by atoms with van der Waals surface area (Å²) in [7, 11) is 1.35. The molecule has 1 spiro atoms. The van der Waals surface area contributed by atoms with Crippen molar-refractivity contribution in [2.75, 3.05) is 26.8 Å². The molecule has 5 N–H and O–H groups in total. The molecule has 1 saturated carbocycles. The van der Waals surface area contributed by atoms with Crippen molar-refractivity contribution < 1.29 is 44.2 Å². The van der Waals surface area contributed by atoms with Crippen LogP contribution in [-0.2, 0) is 35.7 Å². The number of aromatic amines is 1. The molecule has 210 valence electrons. The van der Waals surface area contributed by atoms with E-state index >= 15 is 0 Å². The molecule has 4 aliphatic heterocycles. The third-order valence-electron chi connectivity index (χ3n) is 9.72. The number of para-hydroxylation sites is 1. The molecule has 1 aromatic carbocycles. The molecule has 4 unspecified atom stereocenters. The lowest BCUT2D eigenvalue weighted by Crippen LogP contribution is -2.60. The number of esters is 1. The lowest BCUT2D eigenvalue weighted by Gasteiger charge is -2.50. The van der Waals surface area contributed by atoms with Crippen LogP contribution < -0.4 is 0 Å². The van der Waals surface area contributed by atoms with Gasteiger partial charge in [-0.15, -0.1) is 0 Å². The third-order valence-corrected chi connectivity index (χ3v) is 9.72. The van der Waals surface area contributed by atoms with E-state index in [-0.39, 0.29) is 23.3 Å². The number of benzene rings is 1. The van der Waals surface area contributed by atoms with Crippen LogP contribution in [0.3, 0.4) is 0 Å². The van der Waals surface area contributed by atoms with E-state index in [2.05, 4.69) is 28.1 Å². The molecule has 0 radical (unpaired) electrons. The Kier molecular flexibility index (Phi) is 6.05. The molecule has 2 aromatic rings. The molecule has 2 bridgehead atoms. The van der Waals surface area contributed by atoms with Gasteiger partial charge < -0.3 is 44.4 Å². The minimum Gasteiger partial charge on any atom is -0.472 e. The molecule has 10 atom stereocenters. The summed E-state index contributed by atoms with van der Waals surface area (Å²) in [6, 6.07) is 8.36. The molecule has 0 amide bonds. The topological polar surface area (TPSA) is 154 Å². The fourth-order valence-electron chi connectivity index (χ4n) is 7.95. The van der Waals surface area contributed by atoms with Gasteiger partial charge in [-0.3, -0.25) is 4.90 Å². The van der Waals surface area contributed by atoms with Crippen molar-refractivity contribution in [2.45, 2.75) is 61.8 Å². The Morgan fingerprint density at radius 3 is 2.77 bits per heavy atom. The van der Waals surface area contributed by atoms with Gasteiger partial charge in [-0.25, -0.2) is 4.79 Å². The minimum atomic E-state index is -1.56. The van der Waals surface area contributed by atoms with Crippen molar-refractivity contribution in [2.24, 2.45) is 17.8 Å². The number of ether oxygens (including phenoxy) is 4. The second kappa shape index (κ2) is 9.27. The fraction of sp³-hybridized carbons (Fsp3) is 0.607. The number of aliphatic hydroxyl groups excluding tert-OH is 4. The normalized spacial score (nSPS) is 41.3. The molecule has 5 aliphatic rings. The highest BCUT2D eigenvalue weighted by Crippen LogP contribution is 2.60. The van der Waals surface area contributed by atoms with E-state index < -0.39 is 49.6 Å². The Balaban J connectivity index is 1.25. The summed E-state index contributed by atoms with van der Waals surface area (Å²) in [4.78, 5) is 19.2. The van der Waals surface area contributed by atoms with Gasteiger partial charge in [0.05, 0.1) is 31.1 Å². The molecular weight excluding hydrogens is 508 g/mol. The van der Waals surface area contributed by atoms with E-state index in [0.717, 1.165) is 31.4 Å². The predicted molar refractivity (Wildman–Crippen MR) is 135 cm³/mol. The number of nitrogens with zero attached hydrogens (tertiary/aromatic N) is 1. The Bertz CT molecular complexity index is 1310. The number of methoxy groups -OCH3 is 1. The first-order valence-electron chi connectivity index (χ1n) is 13.6. The summed E-state index contributed by atoms with van der Waals surface area (Å²) in [6.07, 6.45) is -4.06. The van der Waals surface area contributed by atoms with E-state index in [9.17, 15) is 25.2 Å². The summed E-state index contributed by atoms with van der Waals surface area (Å²) >= 11 is 0. The highest BCUT2D eigenvalue weighted by Gasteiger charge is 2.62. The molecule has 1 aromatic heterocycles. The first-order valence-corrected chi connectivity index (χ1v) is 13.6. The molecular formula is C28H34N2O9. The van der Waals surface area contributed by atoms with Gasteiger partial charge in [-0.2, -0.15) is 0 Å². The largest absolute Gasteiger partial charge is 0.472 e. The summed E-state index contributed by atoms with van der Waals surface area (Å²) < 4.78 is 22.9. The summed E-state index contributed by atoms with van der Waals surface area (Å²) in [5.74, 6) is -0.847. The van der Waals surface area contributed by atoms with E-state index in [0.29, 0.717) is 12.0 Å². The SMILES string of the molecule is COC(=O)C1=COC(O[C@@H]2O[C@H](CO)[C@@H](O)[C@H](O)[C@H]2O)C2C3CN4CCc5c([nH]c6ccccc56)C4(C3)C[C@H]12. The number of nitrogens with one attached hydrogen (secondary N) is 1. The Morgan fingerprint density at radius 2 is 1.97 bits per heavy atom. The number of rotatable bonds is 4. The van der Waals surface area contributed by atoms with Crippen LogP contribution >= 0.6 is 0 Å². The minimum absolute atomic E-state index is 0.101. The second-order valence-corrected chi connectivity index (χ2v) is 11.5. The Morgan fingerprint density at radius 1 is 1.15 bits per heavy atom. The average molecular weight is 543 g/mol. The van der Waals surface area contributed by atoms with Gasteiger partial charge in [0.15, 0.2) is 6.29 Å². The third kappa shape index (κ3) is 3.65. The molecule has 7 rings (SSSR count). The number of aromatic nitrogens is 1. The average Bonchev–Trinajstić information content (AvgIpc) is 3.48. The summed E-state index contributed by atoms with van der Waals surface area (Å²) in [6.45, 7) is 1.14. The maximum Gasteiger partial charge on any atom is 0.337 e. The maximum atomic E-state index is 12.9. The lowest BCUT2D eigenvalue weighted by atomic mass is 9.62. The lowest BCUT2D eigenvalue weighted by molar-refractivity contribution is -0.344. The van der Waals surface area contributed by atoms with E-state index in [1.807, 2.05) is 6.07 Å². The molecule has 39 heavy (non-hydrogen) atoms. The van der Waals surface area contributed by atoms with Crippen molar-refractivity contribution in [1.82, 2.24) is 9.88 Å². The number of aliphatic hydroxyl groups is 4. The van der Waals surface area contributed by atoms with Gasteiger partial charge in [0.2, 0.25) is 6.29 Å². The quantitative estimate of drug-likeness (QED) is 0.336. The Hall–Kier alpha value is -2.51. The molecule has 5 heterocycles. The van der Waals surface area contributed by atoms with Crippen LogP contribution in [0.2, 0.25) is 0 Å². The molecule has 11 heteroatoms. The van der Waals surface area contributed by atoms with E-state index in [4.69, 9.17) is 18.9 Å². The number of fused-ring (bicyclic) bond motifs is 6. The molecule has 1 aliphatic carbocycles. The van der Waals surface area contributed by atoms with Gasteiger partial charge >= 0.3 is 5.97 Å². The summed E-state index contributed by atoms with van der Waals surface area (Å²) in [5, 5.41) is 41.9. The zero-order valence-electron chi connectivity index (χ0n) is 21.6. The number of carbonyl (C=O) groups is 1. The maximum absolute atomic E-state index is 12.9. The van der Waals surface area contributed by atoms with Gasteiger partial charge in [-0.05, 0) is 36.8 Å². The van der Waals surface area contributed by atoms with Crippen molar-refractivity contribution >= 4 is 16.9 Å².